The molecule has 22 nitrogen and oxygen atoms in total. The summed E-state index contributed by atoms with van der Waals surface area (Å²) >= 11 is 0. The number of hydrogen-bond acceptors (Lipinski definition) is 10. The molecule has 1 heterocycles. The Morgan fingerprint density at radius 3 is 0.740 bits per heavy atom. The maximum Gasteiger partial charge on any atom is 0.507 e. The lowest BCUT2D eigenvalue weighted by Gasteiger charge is -2.28. The van der Waals surface area contributed by atoms with E-state index in [1.807, 2.05) is 0 Å². The van der Waals surface area contributed by atoms with E-state index in [4.69, 9.17) is 86.1 Å². The molecule has 308 valence electrons. The van der Waals surface area contributed by atoms with Gasteiger partial charge >= 0.3 is 47.4 Å². The maximum absolute atomic E-state index is 10.4. The fourth-order valence-corrected chi connectivity index (χ4v) is 2.80. The number of nitrogens with zero attached hydrogens (tertiary/aromatic N) is 2. The average molecular weight is 880 g/mol. The molecule has 0 spiro atoms. The first-order valence-corrected chi connectivity index (χ1v) is 21.2. The first kappa shape index (κ1) is 61.8. The van der Waals surface area contributed by atoms with Gasteiger partial charge in [-0.15, -0.1) is 25.2 Å². The highest BCUT2D eigenvalue weighted by Gasteiger charge is 2.20. The second-order valence-electron chi connectivity index (χ2n) is 10.0. The number of halogens is 6. The minimum Gasteiger partial charge on any atom is -0.310 e. The minimum atomic E-state index is -5.14. The number of nitrogens with one attached hydrogen (secondary N) is 2. The lowest BCUT2D eigenvalue weighted by molar-refractivity contribution is 0.320. The molecule has 0 atom stereocenters. The van der Waals surface area contributed by atoms with E-state index in [9.17, 15) is 25.2 Å². The molecule has 0 saturated heterocycles. The van der Waals surface area contributed by atoms with Crippen molar-refractivity contribution in [1.29, 1.82) is 0 Å². The summed E-state index contributed by atoms with van der Waals surface area (Å²) in [5.74, 6) is 0. The third kappa shape index (κ3) is 157. The first-order valence-electron chi connectivity index (χ1n) is 12.2. The fourth-order valence-electron chi connectivity index (χ4n) is 2.80. The van der Waals surface area contributed by atoms with Gasteiger partial charge < -0.3 is 10.6 Å². The van der Waals surface area contributed by atoms with Gasteiger partial charge in [0.15, 0.2) is 0 Å². The van der Waals surface area contributed by atoms with Crippen molar-refractivity contribution < 1.29 is 111 Å². The Hall–Kier alpha value is -0.260. The van der Waals surface area contributed by atoms with Crippen LogP contribution in [0.25, 0.3) is 0 Å². The molecule has 14 N–H and O–H groups in total. The van der Waals surface area contributed by atoms with E-state index in [-0.39, 0.29) is 11.1 Å². The standard InChI is InChI=1S/C16H32N4.6FH2O3P/c1-13-11-15(3,4)19-10-8-18-14(2)12-16(5,6)20-9-7-17-13;6*1-5(2,3)4/h19-20H,7-12H2,1-6H3;6*(H2,2,3,4). The zero-order valence-corrected chi connectivity index (χ0v) is 32.3. The lowest BCUT2D eigenvalue weighted by Crippen LogP contribution is -2.44. The molecule has 0 aromatic rings. The molecule has 0 unspecified atom stereocenters. The second kappa shape index (κ2) is 27.3. The van der Waals surface area contributed by atoms with Crippen molar-refractivity contribution in [2.45, 2.75) is 65.5 Å². The van der Waals surface area contributed by atoms with Crippen molar-refractivity contribution in [2.75, 3.05) is 26.2 Å². The highest BCUT2D eigenvalue weighted by Crippen LogP contribution is 2.37. The molecule has 1 aliphatic heterocycles. The molecule has 0 amide bonds. The number of rotatable bonds is 0. The van der Waals surface area contributed by atoms with E-state index in [2.05, 4.69) is 62.2 Å². The molecule has 0 fully saturated rings. The summed E-state index contributed by atoms with van der Waals surface area (Å²) in [5, 5.41) is 7.16. The third-order valence-corrected chi connectivity index (χ3v) is 3.59. The van der Waals surface area contributed by atoms with Crippen LogP contribution in [0.2, 0.25) is 0 Å². The van der Waals surface area contributed by atoms with Crippen LogP contribution in [0.3, 0.4) is 0 Å². The number of aliphatic imine (C=N–C) groups is 2. The van der Waals surface area contributed by atoms with Crippen LogP contribution >= 0.6 is 47.4 Å². The second-order valence-corrected chi connectivity index (χ2v) is 15.7. The third-order valence-electron chi connectivity index (χ3n) is 3.59. The van der Waals surface area contributed by atoms with E-state index < -0.39 is 47.4 Å². The van der Waals surface area contributed by atoms with Gasteiger partial charge in [0, 0.05) is 48.4 Å². The summed E-state index contributed by atoms with van der Waals surface area (Å²) in [7, 11) is -30.8. The Bertz CT molecular complexity index is 1040. The van der Waals surface area contributed by atoms with Crippen molar-refractivity contribution >= 4 is 58.9 Å². The van der Waals surface area contributed by atoms with Crippen molar-refractivity contribution in [3.63, 3.8) is 0 Å². The largest absolute Gasteiger partial charge is 0.507 e. The highest BCUT2D eigenvalue weighted by atomic mass is 31.2. The Morgan fingerprint density at radius 2 is 0.600 bits per heavy atom. The van der Waals surface area contributed by atoms with Crippen LogP contribution in [0.5, 0.6) is 0 Å². The molecule has 0 aliphatic carbocycles. The summed E-state index contributed by atoms with van der Waals surface area (Å²) in [5.41, 5.74) is 2.62. The lowest BCUT2D eigenvalue weighted by atomic mass is 9.97. The van der Waals surface area contributed by atoms with E-state index in [0.717, 1.165) is 39.0 Å². The van der Waals surface area contributed by atoms with Gasteiger partial charge in [-0.25, -0.2) is 27.4 Å². The van der Waals surface area contributed by atoms with Gasteiger partial charge in [0.25, 0.3) is 0 Å². The summed E-state index contributed by atoms with van der Waals surface area (Å²) in [4.78, 5) is 92.9. The molecular formula is C16H44F6N4O18P6. The zero-order chi connectivity index (χ0) is 42.2. The van der Waals surface area contributed by atoms with Crippen molar-refractivity contribution in [3.8, 4) is 0 Å². The van der Waals surface area contributed by atoms with E-state index in [1.54, 1.807) is 0 Å². The van der Waals surface area contributed by atoms with Crippen molar-refractivity contribution in [1.82, 2.24) is 10.6 Å². The van der Waals surface area contributed by atoms with Gasteiger partial charge in [0.2, 0.25) is 0 Å². The first-order chi connectivity index (χ1) is 21.2. The predicted molar refractivity (Wildman–Crippen MR) is 168 cm³/mol. The predicted octanol–water partition coefficient (Wildman–Crippen LogP) is 2.73. The molecular weight excluding hydrogens is 836 g/mol. The maximum atomic E-state index is 10.4. The van der Waals surface area contributed by atoms with Gasteiger partial charge in [0.1, 0.15) is 0 Å². The minimum absolute atomic E-state index is 0.0911. The Labute approximate surface area is 282 Å². The fraction of sp³-hybridized carbons (Fsp3) is 0.875. The van der Waals surface area contributed by atoms with Gasteiger partial charge in [-0.05, 0) is 41.5 Å². The molecule has 34 heteroatoms. The van der Waals surface area contributed by atoms with Crippen molar-refractivity contribution in [2.24, 2.45) is 9.98 Å². The molecule has 50 heavy (non-hydrogen) atoms. The van der Waals surface area contributed by atoms with Crippen LogP contribution in [0.1, 0.15) is 54.4 Å². The summed E-state index contributed by atoms with van der Waals surface area (Å²) in [6.07, 6.45) is 1.97. The van der Waals surface area contributed by atoms with Gasteiger partial charge in [-0.2, -0.15) is 0 Å². The van der Waals surface area contributed by atoms with E-state index in [1.165, 1.54) is 11.4 Å². The topological polar surface area (TPSA) is 394 Å². The SMILES string of the molecule is CC1=NCCNC(C)(C)CC(C)=NCCNC(C)(C)C1.O=P(O)(O)F.O=P(O)(O)F.O=P(O)(O)F.O=P(O)(O)F.O=P(O)(O)F.O=P(O)(O)F. The summed E-state index contributed by atoms with van der Waals surface area (Å²) in [6.45, 7) is 16.7. The van der Waals surface area contributed by atoms with Gasteiger partial charge in [0.05, 0.1) is 13.1 Å². The molecule has 0 saturated carbocycles. The highest BCUT2D eigenvalue weighted by molar-refractivity contribution is 7.46. The van der Waals surface area contributed by atoms with Crippen LogP contribution < -0.4 is 10.6 Å². The zero-order valence-electron chi connectivity index (χ0n) is 26.9. The quantitative estimate of drug-likeness (QED) is 0.123. The smallest absolute Gasteiger partial charge is 0.310 e. The summed E-state index contributed by atoms with van der Waals surface area (Å²) < 4.78 is 114. The normalized spacial score (nSPS) is 17.2. The van der Waals surface area contributed by atoms with E-state index >= 15 is 0 Å². The molecule has 0 aromatic heterocycles. The molecule has 0 aromatic carbocycles. The summed E-state index contributed by atoms with van der Waals surface area (Å²) in [6, 6.07) is 0. The Morgan fingerprint density at radius 1 is 0.460 bits per heavy atom. The molecule has 0 radical (unpaired) electrons. The average Bonchev–Trinajstić information content (AvgIpc) is 2.66. The molecule has 1 aliphatic rings. The van der Waals surface area contributed by atoms with Crippen LogP contribution in [0.15, 0.2) is 9.98 Å². The van der Waals surface area contributed by atoms with Gasteiger partial charge in [-0.3, -0.25) is 68.7 Å². The number of hydrogen-bond donors (Lipinski definition) is 14. The molecule has 1 rings (SSSR count). The van der Waals surface area contributed by atoms with Gasteiger partial charge in [-0.1, -0.05) is 0 Å². The van der Waals surface area contributed by atoms with Crippen LogP contribution in [0.4, 0.5) is 25.2 Å². The van der Waals surface area contributed by atoms with E-state index in [0.29, 0.717) is 0 Å². The van der Waals surface area contributed by atoms with Crippen LogP contribution in [0, 0.1) is 0 Å². The van der Waals surface area contributed by atoms with Crippen molar-refractivity contribution in [3.05, 3.63) is 0 Å². The van der Waals surface area contributed by atoms with Crippen LogP contribution in [-0.2, 0) is 27.4 Å². The Kier molecular flexibility index (Phi) is 33.8. The Balaban J connectivity index is -0.000000132. The molecule has 0 bridgehead atoms. The van der Waals surface area contributed by atoms with Crippen LogP contribution in [-0.4, -0.2) is 107 Å². The monoisotopic (exact) mass is 880 g/mol.